The number of amides is 2. The molecule has 1 aliphatic carbocycles. The average molecular weight is 289 g/mol. The quantitative estimate of drug-likeness (QED) is 0.897. The first-order valence-electron chi connectivity index (χ1n) is 7.97. The van der Waals surface area contributed by atoms with Gasteiger partial charge in [-0.25, -0.2) is 4.79 Å². The van der Waals surface area contributed by atoms with Crippen molar-refractivity contribution in [2.24, 2.45) is 0 Å². The van der Waals surface area contributed by atoms with Gasteiger partial charge in [0.1, 0.15) is 0 Å². The SMILES string of the molecule is O=C(Nc1ccc(N2CCCC2)nn1)NC1CCCCC1. The number of urea groups is 1. The van der Waals surface area contributed by atoms with Gasteiger partial charge in [0.25, 0.3) is 0 Å². The van der Waals surface area contributed by atoms with Crippen LogP contribution in [0.1, 0.15) is 44.9 Å². The van der Waals surface area contributed by atoms with Crippen LogP contribution in [0.2, 0.25) is 0 Å². The third-order valence-electron chi connectivity index (χ3n) is 4.26. The van der Waals surface area contributed by atoms with Crippen LogP contribution < -0.4 is 15.5 Å². The fraction of sp³-hybridized carbons (Fsp3) is 0.667. The van der Waals surface area contributed by atoms with E-state index < -0.39 is 0 Å². The summed E-state index contributed by atoms with van der Waals surface area (Å²) in [6, 6.07) is 3.87. The number of carbonyl (C=O) groups excluding carboxylic acids is 1. The van der Waals surface area contributed by atoms with Crippen LogP contribution in [0.15, 0.2) is 12.1 Å². The van der Waals surface area contributed by atoms with E-state index in [1.807, 2.05) is 12.1 Å². The third-order valence-corrected chi connectivity index (χ3v) is 4.26. The Labute approximate surface area is 125 Å². The highest BCUT2D eigenvalue weighted by atomic mass is 16.2. The molecular weight excluding hydrogens is 266 g/mol. The zero-order valence-corrected chi connectivity index (χ0v) is 12.3. The van der Waals surface area contributed by atoms with Gasteiger partial charge in [-0.2, -0.15) is 0 Å². The molecule has 0 bridgehead atoms. The van der Waals surface area contributed by atoms with Crippen LogP contribution in [-0.2, 0) is 0 Å². The predicted octanol–water partition coefficient (Wildman–Crippen LogP) is 2.53. The standard InChI is InChI=1S/C15H23N5O/c21-15(16-12-6-2-1-3-7-12)17-13-8-9-14(19-18-13)20-10-4-5-11-20/h8-9,12H,1-7,10-11H2,(H2,16,17,18,21). The summed E-state index contributed by atoms with van der Waals surface area (Å²) >= 11 is 0. The monoisotopic (exact) mass is 289 g/mol. The van der Waals surface area contributed by atoms with E-state index in [2.05, 4.69) is 25.7 Å². The number of nitrogens with one attached hydrogen (secondary N) is 2. The highest BCUT2D eigenvalue weighted by Crippen LogP contribution is 2.18. The topological polar surface area (TPSA) is 70.2 Å². The molecule has 1 saturated carbocycles. The summed E-state index contributed by atoms with van der Waals surface area (Å²) in [4.78, 5) is 14.1. The first-order chi connectivity index (χ1) is 10.3. The number of carbonyl (C=O) groups is 1. The molecule has 2 amide bonds. The molecule has 0 radical (unpaired) electrons. The summed E-state index contributed by atoms with van der Waals surface area (Å²) in [5.41, 5.74) is 0. The molecule has 0 spiro atoms. The van der Waals surface area contributed by atoms with Crippen molar-refractivity contribution < 1.29 is 4.79 Å². The van der Waals surface area contributed by atoms with Gasteiger partial charge in [-0.3, -0.25) is 5.32 Å². The van der Waals surface area contributed by atoms with Crippen LogP contribution in [0.3, 0.4) is 0 Å². The molecule has 2 aliphatic rings. The van der Waals surface area contributed by atoms with Gasteiger partial charge in [-0.15, -0.1) is 10.2 Å². The van der Waals surface area contributed by atoms with Gasteiger partial charge < -0.3 is 10.2 Å². The zero-order chi connectivity index (χ0) is 14.5. The van der Waals surface area contributed by atoms with E-state index in [1.54, 1.807) is 0 Å². The van der Waals surface area contributed by atoms with Crippen molar-refractivity contribution in [2.75, 3.05) is 23.3 Å². The van der Waals surface area contributed by atoms with E-state index in [9.17, 15) is 4.79 Å². The summed E-state index contributed by atoms with van der Waals surface area (Å²) in [7, 11) is 0. The van der Waals surface area contributed by atoms with Crippen LogP contribution in [0.25, 0.3) is 0 Å². The summed E-state index contributed by atoms with van der Waals surface area (Å²) < 4.78 is 0. The van der Waals surface area contributed by atoms with Gasteiger partial charge in [0, 0.05) is 19.1 Å². The Morgan fingerprint density at radius 2 is 1.81 bits per heavy atom. The maximum atomic E-state index is 11.9. The van der Waals surface area contributed by atoms with Crippen LogP contribution >= 0.6 is 0 Å². The zero-order valence-electron chi connectivity index (χ0n) is 12.3. The van der Waals surface area contributed by atoms with Crippen LogP contribution in [0.5, 0.6) is 0 Å². The van der Waals surface area contributed by atoms with Crippen LogP contribution in [0, 0.1) is 0 Å². The second-order valence-corrected chi connectivity index (χ2v) is 5.90. The summed E-state index contributed by atoms with van der Waals surface area (Å²) in [6.07, 6.45) is 8.27. The lowest BCUT2D eigenvalue weighted by Crippen LogP contribution is -2.39. The Hall–Kier alpha value is -1.85. The Bertz CT molecular complexity index is 463. The van der Waals surface area contributed by atoms with E-state index in [0.717, 1.165) is 31.7 Å². The minimum absolute atomic E-state index is 0.176. The molecule has 6 heteroatoms. The highest BCUT2D eigenvalue weighted by molar-refractivity contribution is 5.88. The number of hydrogen-bond donors (Lipinski definition) is 2. The van der Waals surface area contributed by atoms with E-state index in [4.69, 9.17) is 0 Å². The van der Waals surface area contributed by atoms with Crippen molar-refractivity contribution in [3.8, 4) is 0 Å². The molecule has 0 atom stereocenters. The van der Waals surface area contributed by atoms with Crippen molar-refractivity contribution >= 4 is 17.7 Å². The normalized spacial score (nSPS) is 19.5. The first-order valence-corrected chi connectivity index (χ1v) is 7.97. The number of hydrogen-bond acceptors (Lipinski definition) is 4. The molecule has 2 heterocycles. The largest absolute Gasteiger partial charge is 0.355 e. The second-order valence-electron chi connectivity index (χ2n) is 5.90. The van der Waals surface area contributed by atoms with Gasteiger partial charge >= 0.3 is 6.03 Å². The maximum absolute atomic E-state index is 11.9. The van der Waals surface area contributed by atoms with Crippen molar-refractivity contribution in [3.05, 3.63) is 12.1 Å². The molecule has 2 fully saturated rings. The Morgan fingerprint density at radius 3 is 2.48 bits per heavy atom. The fourth-order valence-electron chi connectivity index (χ4n) is 3.09. The Kier molecular flexibility index (Phi) is 4.52. The van der Waals surface area contributed by atoms with E-state index in [0.29, 0.717) is 11.9 Å². The van der Waals surface area contributed by atoms with Gasteiger partial charge in [0.15, 0.2) is 11.6 Å². The maximum Gasteiger partial charge on any atom is 0.320 e. The minimum Gasteiger partial charge on any atom is -0.355 e. The predicted molar refractivity (Wildman–Crippen MR) is 82.5 cm³/mol. The Morgan fingerprint density at radius 1 is 1.05 bits per heavy atom. The summed E-state index contributed by atoms with van der Waals surface area (Å²) in [6.45, 7) is 2.09. The molecule has 6 nitrogen and oxygen atoms in total. The number of nitrogens with zero attached hydrogens (tertiary/aromatic N) is 3. The van der Waals surface area contributed by atoms with Gasteiger partial charge in [-0.1, -0.05) is 19.3 Å². The minimum atomic E-state index is -0.176. The first kappa shape index (κ1) is 14.1. The molecule has 1 saturated heterocycles. The van der Waals surface area contributed by atoms with Gasteiger partial charge in [0.05, 0.1) is 0 Å². The lowest BCUT2D eigenvalue weighted by molar-refractivity contribution is 0.244. The number of anilines is 2. The molecule has 114 valence electrons. The number of aromatic nitrogens is 2. The van der Waals surface area contributed by atoms with Crippen molar-refractivity contribution in [3.63, 3.8) is 0 Å². The van der Waals surface area contributed by atoms with E-state index in [1.165, 1.54) is 32.1 Å². The van der Waals surface area contributed by atoms with E-state index in [-0.39, 0.29) is 6.03 Å². The molecule has 0 unspecified atom stereocenters. The van der Waals surface area contributed by atoms with Gasteiger partial charge in [0.2, 0.25) is 0 Å². The lowest BCUT2D eigenvalue weighted by Gasteiger charge is -2.22. The third kappa shape index (κ3) is 3.83. The molecule has 21 heavy (non-hydrogen) atoms. The highest BCUT2D eigenvalue weighted by Gasteiger charge is 2.17. The van der Waals surface area contributed by atoms with Crippen molar-refractivity contribution in [2.45, 2.75) is 51.0 Å². The molecule has 3 rings (SSSR count). The molecule has 1 aromatic rings. The van der Waals surface area contributed by atoms with Crippen molar-refractivity contribution in [1.82, 2.24) is 15.5 Å². The number of rotatable bonds is 3. The smallest absolute Gasteiger partial charge is 0.320 e. The summed E-state index contributed by atoms with van der Waals surface area (Å²) in [5, 5.41) is 14.1. The molecular formula is C15H23N5O. The molecule has 1 aliphatic heterocycles. The second kappa shape index (κ2) is 6.74. The molecule has 2 N–H and O–H groups in total. The lowest BCUT2D eigenvalue weighted by atomic mass is 9.96. The van der Waals surface area contributed by atoms with E-state index >= 15 is 0 Å². The Balaban J connectivity index is 1.50. The van der Waals surface area contributed by atoms with Crippen LogP contribution in [-0.4, -0.2) is 35.4 Å². The van der Waals surface area contributed by atoms with Gasteiger partial charge in [-0.05, 0) is 37.8 Å². The van der Waals surface area contributed by atoms with Crippen molar-refractivity contribution in [1.29, 1.82) is 0 Å². The fourth-order valence-corrected chi connectivity index (χ4v) is 3.09. The summed E-state index contributed by atoms with van der Waals surface area (Å²) in [5.74, 6) is 1.40. The van der Waals surface area contributed by atoms with Crippen LogP contribution in [0.4, 0.5) is 16.4 Å². The molecule has 0 aromatic carbocycles. The average Bonchev–Trinajstić information content (AvgIpc) is 3.03. The molecule has 1 aromatic heterocycles.